The average molecular weight is 523 g/mol. The number of carbonyl (C=O) groups is 1. The molecule has 0 atom stereocenters. The van der Waals surface area contributed by atoms with Crippen molar-refractivity contribution in [3.8, 4) is 0 Å². The van der Waals surface area contributed by atoms with Crippen LogP contribution in [0.5, 0.6) is 0 Å². The molecule has 2 aliphatic heterocycles. The second-order valence-corrected chi connectivity index (χ2v) is 11.0. The summed E-state index contributed by atoms with van der Waals surface area (Å²) in [5.41, 5.74) is 13.5. The smallest absolute Gasteiger partial charge is 0.224 e. The number of aliphatic imine (C=N–C) groups is 1. The third kappa shape index (κ3) is 7.23. The van der Waals surface area contributed by atoms with Gasteiger partial charge in [-0.05, 0) is 94.7 Å². The van der Waals surface area contributed by atoms with Crippen molar-refractivity contribution in [2.45, 2.75) is 68.5 Å². The molecule has 2 aromatic rings. The number of likely N-dealkylation sites (tertiary alicyclic amines) is 1. The Bertz CT molecular complexity index is 1150. The zero-order chi connectivity index (χ0) is 26.4. The normalized spacial score (nSPS) is 18.7. The van der Waals surface area contributed by atoms with Crippen LogP contribution in [0.3, 0.4) is 0 Å². The van der Waals surface area contributed by atoms with Crippen molar-refractivity contribution in [2.24, 2.45) is 16.5 Å². The van der Waals surface area contributed by atoms with E-state index < -0.39 is 0 Å². The molecule has 0 unspecified atom stereocenters. The number of rotatable bonds is 8. The number of hydrogen-bond donors (Lipinski definition) is 3. The molecule has 1 aromatic heterocycles. The predicted molar refractivity (Wildman–Crippen MR) is 151 cm³/mol. The Kier molecular flexibility index (Phi) is 8.71. The maximum absolute atomic E-state index is 11.7. The molecule has 198 valence electrons. The summed E-state index contributed by atoms with van der Waals surface area (Å²) in [6, 6.07) is 9.57. The maximum Gasteiger partial charge on any atom is 0.224 e. The van der Waals surface area contributed by atoms with Gasteiger partial charge in [0.25, 0.3) is 0 Å². The first-order valence-electron chi connectivity index (χ1n) is 13.0. The molecule has 0 spiro atoms. The number of benzene rings is 1. The van der Waals surface area contributed by atoms with Crippen molar-refractivity contribution in [3.63, 3.8) is 0 Å². The van der Waals surface area contributed by atoms with Crippen LogP contribution in [0.2, 0.25) is 0 Å². The molecule has 10 heteroatoms. The van der Waals surface area contributed by atoms with Gasteiger partial charge in [0.15, 0.2) is 11.0 Å². The molecule has 0 aliphatic carbocycles. The fourth-order valence-corrected chi connectivity index (χ4v) is 5.58. The van der Waals surface area contributed by atoms with Gasteiger partial charge in [-0.2, -0.15) is 0 Å². The number of nitrogens with two attached hydrogens (primary N) is 2. The number of amides is 1. The van der Waals surface area contributed by atoms with Gasteiger partial charge in [0.05, 0.1) is 0 Å². The molecule has 0 saturated carbocycles. The molecule has 1 amide bonds. The molecule has 5 N–H and O–H groups in total. The number of nitrogens with zero attached hydrogens (tertiary/aromatic N) is 5. The van der Waals surface area contributed by atoms with Crippen molar-refractivity contribution in [1.82, 2.24) is 14.9 Å². The predicted octanol–water partition coefficient (Wildman–Crippen LogP) is 4.28. The third-order valence-corrected chi connectivity index (χ3v) is 7.87. The van der Waals surface area contributed by atoms with E-state index in [9.17, 15) is 4.79 Å². The Balaban J connectivity index is 1.55. The lowest BCUT2D eigenvalue weighted by atomic mass is 9.88. The van der Waals surface area contributed by atoms with Gasteiger partial charge in [0.2, 0.25) is 5.91 Å². The highest BCUT2D eigenvalue weighted by molar-refractivity contribution is 7.99. The van der Waals surface area contributed by atoms with Crippen molar-refractivity contribution in [2.75, 3.05) is 36.4 Å². The second kappa shape index (κ2) is 12.0. The average Bonchev–Trinajstić information content (AvgIpc) is 3.41. The Morgan fingerprint density at radius 3 is 2.43 bits per heavy atom. The highest BCUT2D eigenvalue weighted by Gasteiger charge is 2.37. The summed E-state index contributed by atoms with van der Waals surface area (Å²) in [7, 11) is 0. The SMILES string of the molecule is CCC(=O)Nc1ccc(Sc2nc(/N=C(N)/C=C(/C)N)cc(N3CCC(C)(N4CCCC4)CC3)n2)cc1. The maximum atomic E-state index is 11.7. The van der Waals surface area contributed by atoms with E-state index in [0.717, 1.165) is 42.3 Å². The van der Waals surface area contributed by atoms with Crippen LogP contribution in [0.25, 0.3) is 0 Å². The van der Waals surface area contributed by atoms with Gasteiger partial charge >= 0.3 is 0 Å². The summed E-state index contributed by atoms with van der Waals surface area (Å²) in [4.78, 5) is 31.7. The minimum atomic E-state index is -0.0133. The lowest BCUT2D eigenvalue weighted by molar-refractivity contribution is -0.115. The standard InChI is InChI=1S/C27H38N8OS/c1-4-25(36)30-20-7-9-21(10-8-20)37-26-32-23(31-22(29)17-19(2)28)18-24(33-26)34-15-11-27(3,12-16-34)35-13-5-6-14-35/h7-10,17-18H,4-6,11-16,28H2,1-3H3,(H,30,36)(H2,29,31,32,33)/b19-17-. The highest BCUT2D eigenvalue weighted by Crippen LogP contribution is 2.35. The lowest BCUT2D eigenvalue weighted by Gasteiger charge is -2.45. The Morgan fingerprint density at radius 1 is 1.14 bits per heavy atom. The van der Waals surface area contributed by atoms with E-state index in [1.165, 1.54) is 37.7 Å². The highest BCUT2D eigenvalue weighted by atomic mass is 32.2. The molecule has 0 bridgehead atoms. The molecule has 4 rings (SSSR count). The fraction of sp³-hybridized carbons (Fsp3) is 0.481. The zero-order valence-corrected chi connectivity index (χ0v) is 22.9. The summed E-state index contributed by atoms with van der Waals surface area (Å²) >= 11 is 1.45. The number of piperidine rings is 1. The van der Waals surface area contributed by atoms with E-state index in [4.69, 9.17) is 16.5 Å². The van der Waals surface area contributed by atoms with Gasteiger partial charge < -0.3 is 21.7 Å². The van der Waals surface area contributed by atoms with E-state index in [2.05, 4.69) is 32.0 Å². The van der Waals surface area contributed by atoms with Gasteiger partial charge in [-0.25, -0.2) is 15.0 Å². The van der Waals surface area contributed by atoms with Crippen molar-refractivity contribution in [1.29, 1.82) is 0 Å². The molecular weight excluding hydrogens is 484 g/mol. The van der Waals surface area contributed by atoms with E-state index in [-0.39, 0.29) is 11.4 Å². The van der Waals surface area contributed by atoms with Crippen LogP contribution in [0.4, 0.5) is 17.3 Å². The molecular formula is C27H38N8OS. The summed E-state index contributed by atoms with van der Waals surface area (Å²) in [5.74, 6) is 1.65. The quantitative estimate of drug-likeness (QED) is 0.266. The first-order valence-corrected chi connectivity index (χ1v) is 13.8. The third-order valence-electron chi connectivity index (χ3n) is 7.00. The molecule has 3 heterocycles. The molecule has 9 nitrogen and oxygen atoms in total. The van der Waals surface area contributed by atoms with Crippen LogP contribution in [0.1, 0.15) is 52.9 Å². The van der Waals surface area contributed by atoms with Crippen LogP contribution >= 0.6 is 11.8 Å². The van der Waals surface area contributed by atoms with Crippen LogP contribution in [0.15, 0.2) is 57.1 Å². The monoisotopic (exact) mass is 522 g/mol. The molecule has 37 heavy (non-hydrogen) atoms. The lowest BCUT2D eigenvalue weighted by Crippen LogP contribution is -2.52. The molecule has 0 radical (unpaired) electrons. The summed E-state index contributed by atoms with van der Waals surface area (Å²) < 4.78 is 0. The second-order valence-electron chi connectivity index (χ2n) is 10.00. The number of carbonyl (C=O) groups excluding carboxylic acids is 1. The van der Waals surface area contributed by atoms with Crippen LogP contribution in [-0.4, -0.2) is 58.3 Å². The molecule has 2 aliphatic rings. The number of allylic oxidation sites excluding steroid dienone is 1. The number of nitrogens with one attached hydrogen (secondary N) is 1. The van der Waals surface area contributed by atoms with E-state index >= 15 is 0 Å². The molecule has 1 aromatic carbocycles. The van der Waals surface area contributed by atoms with Gasteiger partial charge in [0, 0.05) is 47.4 Å². The van der Waals surface area contributed by atoms with Gasteiger partial charge in [-0.1, -0.05) is 6.92 Å². The Labute approximate surface area is 223 Å². The first-order chi connectivity index (χ1) is 17.7. The minimum absolute atomic E-state index is 0.0133. The van der Waals surface area contributed by atoms with E-state index in [1.807, 2.05) is 37.3 Å². The van der Waals surface area contributed by atoms with Crippen LogP contribution in [-0.2, 0) is 4.79 Å². The number of amidine groups is 1. The van der Waals surface area contributed by atoms with Crippen molar-refractivity contribution >= 4 is 40.8 Å². The number of anilines is 2. The molecule has 2 saturated heterocycles. The summed E-state index contributed by atoms with van der Waals surface area (Å²) in [5, 5.41) is 3.46. The summed E-state index contributed by atoms with van der Waals surface area (Å²) in [6.07, 6.45) is 6.87. The first kappa shape index (κ1) is 26.9. The van der Waals surface area contributed by atoms with E-state index in [1.54, 1.807) is 13.0 Å². The largest absolute Gasteiger partial charge is 0.402 e. The van der Waals surface area contributed by atoms with Crippen molar-refractivity contribution < 1.29 is 4.79 Å². The van der Waals surface area contributed by atoms with E-state index in [0.29, 0.717) is 28.9 Å². The van der Waals surface area contributed by atoms with Crippen molar-refractivity contribution in [3.05, 3.63) is 42.1 Å². The zero-order valence-electron chi connectivity index (χ0n) is 22.0. The van der Waals surface area contributed by atoms with Crippen LogP contribution < -0.4 is 21.7 Å². The topological polar surface area (TPSA) is 126 Å². The number of aromatic nitrogens is 2. The minimum Gasteiger partial charge on any atom is -0.402 e. The van der Waals surface area contributed by atoms with Gasteiger partial charge in [-0.15, -0.1) is 0 Å². The molecule has 2 fully saturated rings. The Hall–Kier alpha value is -3.11. The summed E-state index contributed by atoms with van der Waals surface area (Å²) in [6.45, 7) is 10.3. The number of hydrogen-bond acceptors (Lipinski definition) is 8. The van der Waals surface area contributed by atoms with Gasteiger partial charge in [-0.3, -0.25) is 9.69 Å². The fourth-order valence-electron chi connectivity index (χ4n) is 4.82. The van der Waals surface area contributed by atoms with Crippen LogP contribution in [0, 0.1) is 0 Å². The van der Waals surface area contributed by atoms with Gasteiger partial charge in [0.1, 0.15) is 11.7 Å². The Morgan fingerprint density at radius 2 is 1.81 bits per heavy atom.